The van der Waals surface area contributed by atoms with Crippen LogP contribution >= 0.6 is 0 Å². The molecule has 0 amide bonds. The van der Waals surface area contributed by atoms with E-state index >= 15 is 0 Å². The maximum Gasteiger partial charge on any atom is 0.244 e. The number of hydrogen-bond donors (Lipinski definition) is 1. The molecule has 0 aliphatic carbocycles. The van der Waals surface area contributed by atoms with Gasteiger partial charge in [-0.2, -0.15) is 0 Å². The normalized spacial score (nSPS) is 18.0. The predicted molar refractivity (Wildman–Crippen MR) is 131 cm³/mol. The van der Waals surface area contributed by atoms with Crippen LogP contribution in [0.1, 0.15) is 42.9 Å². The summed E-state index contributed by atoms with van der Waals surface area (Å²) >= 11 is 0. The van der Waals surface area contributed by atoms with Crippen molar-refractivity contribution in [3.8, 4) is 11.5 Å². The van der Waals surface area contributed by atoms with Gasteiger partial charge in [-0.3, -0.25) is 4.90 Å². The summed E-state index contributed by atoms with van der Waals surface area (Å²) in [7, 11) is 1.33. The van der Waals surface area contributed by atoms with E-state index in [2.05, 4.69) is 39.8 Å². The lowest BCUT2D eigenvalue weighted by Gasteiger charge is -2.36. The predicted octanol–water partition coefficient (Wildman–Crippen LogP) is 3.59. The summed E-state index contributed by atoms with van der Waals surface area (Å²) < 4.78 is 40.0. The van der Waals surface area contributed by atoms with Crippen LogP contribution in [0.2, 0.25) is 0 Å². The fourth-order valence-electron chi connectivity index (χ4n) is 4.96. The van der Waals surface area contributed by atoms with Crippen molar-refractivity contribution in [2.75, 3.05) is 52.3 Å². The molecule has 0 radical (unpaired) electrons. The average molecular weight is 474 g/mol. The monoisotopic (exact) mass is 473 g/mol. The first-order chi connectivity index (χ1) is 15.9. The molecule has 0 bridgehead atoms. The number of sulfonamides is 1. The van der Waals surface area contributed by atoms with Crippen LogP contribution in [0.4, 0.5) is 5.69 Å². The highest BCUT2D eigenvalue weighted by atomic mass is 32.2. The topological polar surface area (TPSA) is 71.1 Å². The van der Waals surface area contributed by atoms with Crippen molar-refractivity contribution in [1.29, 1.82) is 0 Å². The van der Waals surface area contributed by atoms with Gasteiger partial charge in [-0.1, -0.05) is 18.6 Å². The summed E-state index contributed by atoms with van der Waals surface area (Å²) in [6.07, 6.45) is 5.71. The number of anilines is 1. The highest BCUT2D eigenvalue weighted by molar-refractivity contribution is 7.89. The van der Waals surface area contributed by atoms with E-state index < -0.39 is 10.0 Å². The van der Waals surface area contributed by atoms with Crippen LogP contribution < -0.4 is 19.1 Å². The van der Waals surface area contributed by atoms with Crippen molar-refractivity contribution >= 4 is 15.7 Å². The Balaban J connectivity index is 1.62. The van der Waals surface area contributed by atoms with Gasteiger partial charge in [0.05, 0.1) is 14.2 Å². The Labute approximate surface area is 197 Å². The number of fused-ring (bicyclic) bond motifs is 1. The highest BCUT2D eigenvalue weighted by Gasteiger charge is 2.27. The lowest BCUT2D eigenvalue weighted by Crippen LogP contribution is -2.40. The molecule has 8 heteroatoms. The van der Waals surface area contributed by atoms with Gasteiger partial charge in [0.15, 0.2) is 0 Å². The summed E-state index contributed by atoms with van der Waals surface area (Å²) in [4.78, 5) is 4.81. The molecular formula is C25H35N3O4S. The minimum absolute atomic E-state index is 0.0192. The number of nitrogens with one attached hydrogen (secondary N) is 1. The molecule has 7 nitrogen and oxygen atoms in total. The molecule has 2 heterocycles. The minimum atomic E-state index is -3.79. The fourth-order valence-corrected chi connectivity index (χ4v) is 6.18. The largest absolute Gasteiger partial charge is 0.497 e. The molecule has 1 N–H and O–H groups in total. The van der Waals surface area contributed by atoms with Gasteiger partial charge in [0.25, 0.3) is 0 Å². The second-order valence-corrected chi connectivity index (χ2v) is 10.6. The van der Waals surface area contributed by atoms with Crippen molar-refractivity contribution in [1.82, 2.24) is 9.62 Å². The summed E-state index contributed by atoms with van der Waals surface area (Å²) in [5.74, 6) is 0.775. The molecule has 1 atom stereocenters. The van der Waals surface area contributed by atoms with Crippen LogP contribution in [0, 0.1) is 0 Å². The van der Waals surface area contributed by atoms with Crippen LogP contribution in [0.3, 0.4) is 0 Å². The van der Waals surface area contributed by atoms with Gasteiger partial charge >= 0.3 is 0 Å². The second-order valence-electron chi connectivity index (χ2n) is 8.89. The molecule has 180 valence electrons. The van der Waals surface area contributed by atoms with E-state index in [4.69, 9.17) is 9.47 Å². The zero-order chi connectivity index (χ0) is 23.4. The van der Waals surface area contributed by atoms with Crippen LogP contribution in [-0.2, 0) is 16.4 Å². The molecule has 0 saturated carbocycles. The lowest BCUT2D eigenvalue weighted by atomic mass is 9.95. The van der Waals surface area contributed by atoms with Gasteiger partial charge in [-0.25, -0.2) is 13.1 Å². The third kappa shape index (κ3) is 5.28. The quantitative estimate of drug-likeness (QED) is 0.632. The van der Waals surface area contributed by atoms with E-state index in [9.17, 15) is 8.42 Å². The van der Waals surface area contributed by atoms with Gasteiger partial charge in [0.1, 0.15) is 16.4 Å². The third-order valence-electron chi connectivity index (χ3n) is 6.80. The Morgan fingerprint density at radius 2 is 1.76 bits per heavy atom. The van der Waals surface area contributed by atoms with E-state index in [0.29, 0.717) is 18.0 Å². The number of hydrogen-bond acceptors (Lipinski definition) is 6. The highest BCUT2D eigenvalue weighted by Crippen LogP contribution is 2.33. The molecule has 2 aromatic carbocycles. The smallest absolute Gasteiger partial charge is 0.244 e. The van der Waals surface area contributed by atoms with Crippen LogP contribution in [0.15, 0.2) is 41.3 Å². The molecule has 2 aliphatic heterocycles. The van der Waals surface area contributed by atoms with Gasteiger partial charge in [-0.15, -0.1) is 0 Å². The van der Waals surface area contributed by atoms with Crippen molar-refractivity contribution < 1.29 is 17.9 Å². The molecule has 4 rings (SSSR count). The Morgan fingerprint density at radius 1 is 0.970 bits per heavy atom. The Hall–Kier alpha value is -2.29. The molecular weight excluding hydrogens is 438 g/mol. The molecule has 2 aliphatic rings. The number of ether oxygens (including phenoxy) is 2. The van der Waals surface area contributed by atoms with Crippen molar-refractivity contribution in [2.24, 2.45) is 0 Å². The van der Waals surface area contributed by atoms with Crippen LogP contribution in [-0.4, -0.2) is 60.8 Å². The van der Waals surface area contributed by atoms with E-state index in [-0.39, 0.29) is 10.9 Å². The molecule has 2 aromatic rings. The first-order valence-electron chi connectivity index (χ1n) is 11.7. The van der Waals surface area contributed by atoms with E-state index in [1.165, 1.54) is 43.5 Å². The van der Waals surface area contributed by atoms with Crippen LogP contribution in [0.5, 0.6) is 11.5 Å². The molecule has 0 aromatic heterocycles. The first kappa shape index (κ1) is 23.9. The number of likely N-dealkylation sites (tertiary alicyclic amines) is 1. The van der Waals surface area contributed by atoms with E-state index in [0.717, 1.165) is 45.3 Å². The van der Waals surface area contributed by atoms with E-state index in [1.54, 1.807) is 12.1 Å². The van der Waals surface area contributed by atoms with Gasteiger partial charge in [0.2, 0.25) is 10.0 Å². The third-order valence-corrected chi connectivity index (χ3v) is 8.24. The average Bonchev–Trinajstić information content (AvgIpc) is 2.84. The molecule has 1 fully saturated rings. The fraction of sp³-hybridized carbons (Fsp3) is 0.520. The summed E-state index contributed by atoms with van der Waals surface area (Å²) in [5.41, 5.74) is 3.80. The summed E-state index contributed by atoms with van der Waals surface area (Å²) in [6.45, 7) is 3.33. The van der Waals surface area contributed by atoms with Gasteiger partial charge < -0.3 is 14.4 Å². The maximum absolute atomic E-state index is 13.3. The number of aryl methyl sites for hydroxylation is 1. The number of methoxy groups -OCH3 is 2. The molecule has 0 unspecified atom stereocenters. The Kier molecular flexibility index (Phi) is 7.46. The molecule has 0 spiro atoms. The number of piperidine rings is 1. The SMILES string of the molecule is COc1ccc(OC)c(S(=O)(=O)NC[C@@H](c2ccc3c(c2)CCCN3C)N2CCCCC2)c1. The minimum Gasteiger partial charge on any atom is -0.497 e. The second kappa shape index (κ2) is 10.3. The van der Waals surface area contributed by atoms with Crippen molar-refractivity contribution in [3.63, 3.8) is 0 Å². The van der Waals surface area contributed by atoms with Crippen molar-refractivity contribution in [2.45, 2.75) is 43.0 Å². The summed E-state index contributed by atoms with van der Waals surface area (Å²) in [5, 5.41) is 0. The van der Waals surface area contributed by atoms with E-state index in [1.807, 2.05) is 0 Å². The zero-order valence-electron chi connectivity index (χ0n) is 19.8. The zero-order valence-corrected chi connectivity index (χ0v) is 20.7. The number of rotatable bonds is 8. The number of nitrogens with zero attached hydrogens (tertiary/aromatic N) is 2. The van der Waals surface area contributed by atoms with Gasteiger partial charge in [-0.05, 0) is 68.1 Å². The standard InChI is InChI=1S/C25H35N3O4S/c1-27-13-7-8-19-16-20(9-11-22(19)27)23(28-14-5-4-6-15-28)18-26-33(29,30)25-17-21(31-2)10-12-24(25)32-3/h9-12,16-17,23,26H,4-8,13-15,18H2,1-3H3/t23-/m0/s1. The maximum atomic E-state index is 13.3. The molecule has 33 heavy (non-hydrogen) atoms. The Bertz CT molecular complexity index is 1070. The van der Waals surface area contributed by atoms with Crippen LogP contribution in [0.25, 0.3) is 0 Å². The Morgan fingerprint density at radius 3 is 2.48 bits per heavy atom. The van der Waals surface area contributed by atoms with Gasteiger partial charge in [0, 0.05) is 37.9 Å². The number of benzene rings is 2. The van der Waals surface area contributed by atoms with Crippen molar-refractivity contribution in [3.05, 3.63) is 47.5 Å². The summed E-state index contributed by atoms with van der Waals surface area (Å²) in [6, 6.07) is 11.4. The lowest BCUT2D eigenvalue weighted by molar-refractivity contribution is 0.164. The first-order valence-corrected chi connectivity index (χ1v) is 13.2. The molecule has 1 saturated heterocycles.